The van der Waals surface area contributed by atoms with Gasteiger partial charge in [-0.3, -0.25) is 13.9 Å². The maximum atomic E-state index is 15.1. The first-order valence-electron chi connectivity index (χ1n) is 15.8. The summed E-state index contributed by atoms with van der Waals surface area (Å²) >= 11 is 6.44. The van der Waals surface area contributed by atoms with Gasteiger partial charge in [0.15, 0.2) is 0 Å². The molecule has 4 aromatic carbocycles. The Bertz CT molecular complexity index is 1780. The fraction of sp³-hybridized carbons (Fsp3) is 0.297. The van der Waals surface area contributed by atoms with Crippen LogP contribution in [0.15, 0.2) is 108 Å². The van der Waals surface area contributed by atoms with Crippen LogP contribution in [0, 0.1) is 12.7 Å². The van der Waals surface area contributed by atoms with E-state index in [1.54, 1.807) is 55.5 Å². The van der Waals surface area contributed by atoms with Crippen LogP contribution in [0.1, 0.15) is 48.8 Å². The van der Waals surface area contributed by atoms with Crippen molar-refractivity contribution in [2.24, 2.45) is 0 Å². The van der Waals surface area contributed by atoms with Crippen LogP contribution in [-0.2, 0) is 32.6 Å². The highest BCUT2D eigenvalue weighted by atomic mass is 35.5. The molecule has 0 unspecified atom stereocenters. The number of rotatable bonds is 12. The summed E-state index contributed by atoms with van der Waals surface area (Å²) in [6.45, 7) is 0.907. The number of nitrogens with zero attached hydrogens (tertiary/aromatic N) is 2. The molecule has 0 bridgehead atoms. The van der Waals surface area contributed by atoms with Gasteiger partial charge in [-0.15, -0.1) is 0 Å². The lowest BCUT2D eigenvalue weighted by Crippen LogP contribution is -2.55. The Labute approximate surface area is 281 Å². The van der Waals surface area contributed by atoms with Crippen LogP contribution in [-0.4, -0.2) is 43.8 Å². The number of nitrogens with one attached hydrogen (secondary N) is 1. The van der Waals surface area contributed by atoms with Crippen LogP contribution in [0.4, 0.5) is 10.1 Å². The largest absolute Gasteiger partial charge is 0.352 e. The van der Waals surface area contributed by atoms with Crippen molar-refractivity contribution in [3.63, 3.8) is 0 Å². The number of amides is 2. The third-order valence-corrected chi connectivity index (χ3v) is 10.8. The summed E-state index contributed by atoms with van der Waals surface area (Å²) in [6, 6.07) is 26.9. The molecule has 1 aliphatic rings. The van der Waals surface area contributed by atoms with Gasteiger partial charge < -0.3 is 10.2 Å². The summed E-state index contributed by atoms with van der Waals surface area (Å²) in [6.07, 6.45) is 4.92. The first kappa shape index (κ1) is 34.1. The molecule has 0 spiro atoms. The Kier molecular flexibility index (Phi) is 11.3. The molecule has 1 atom stereocenters. The Morgan fingerprint density at radius 3 is 2.19 bits per heavy atom. The molecule has 10 heteroatoms. The van der Waals surface area contributed by atoms with Crippen molar-refractivity contribution in [3.8, 4) is 0 Å². The second-order valence-corrected chi connectivity index (χ2v) is 14.2. The topological polar surface area (TPSA) is 86.8 Å². The zero-order valence-corrected chi connectivity index (χ0v) is 27.9. The average Bonchev–Trinajstić information content (AvgIpc) is 3.08. The molecule has 246 valence electrons. The monoisotopic (exact) mass is 675 g/mol. The first-order valence-corrected chi connectivity index (χ1v) is 17.7. The minimum absolute atomic E-state index is 0.0129. The molecule has 0 aromatic heterocycles. The maximum Gasteiger partial charge on any atom is 0.264 e. The van der Waals surface area contributed by atoms with E-state index < -0.39 is 34.3 Å². The number of hydrogen-bond acceptors (Lipinski definition) is 4. The van der Waals surface area contributed by atoms with Crippen LogP contribution in [0.3, 0.4) is 0 Å². The molecule has 0 heterocycles. The molecule has 0 saturated heterocycles. The Hall–Kier alpha value is -4.21. The van der Waals surface area contributed by atoms with E-state index in [4.69, 9.17) is 11.6 Å². The van der Waals surface area contributed by atoms with Crippen molar-refractivity contribution in [3.05, 3.63) is 131 Å². The molecule has 1 N–H and O–H groups in total. The standard InChI is InChI=1S/C37H39ClFN3O4S/c1-27-21-22-31(24-33(27)38)42(47(45,46)32-18-9-4-10-19-32)26-36(43)41(25-29-15-11-12-20-34(29)39)35(23-28-13-5-2-6-14-28)37(44)40-30-16-7-3-8-17-30/h2,4-6,9-15,18-22,24,30,35H,3,7-8,16-17,23,25-26H2,1H3,(H,40,44)/t35-/m0/s1. The number of carbonyl (C=O) groups excluding carboxylic acids is 2. The number of hydrogen-bond donors (Lipinski definition) is 1. The van der Waals surface area contributed by atoms with Gasteiger partial charge in [-0.1, -0.05) is 104 Å². The molecular formula is C37H39ClFN3O4S. The highest BCUT2D eigenvalue weighted by Gasteiger charge is 2.36. The number of sulfonamides is 1. The van der Waals surface area contributed by atoms with Crippen LogP contribution in [0.25, 0.3) is 0 Å². The molecule has 5 rings (SSSR count). The van der Waals surface area contributed by atoms with E-state index in [9.17, 15) is 18.0 Å². The normalized spacial score (nSPS) is 14.3. The Balaban J connectivity index is 1.58. The van der Waals surface area contributed by atoms with Crippen LogP contribution >= 0.6 is 11.6 Å². The number of anilines is 1. The van der Waals surface area contributed by atoms with Gasteiger partial charge in [-0.05, 0) is 61.2 Å². The molecule has 1 saturated carbocycles. The van der Waals surface area contributed by atoms with Crippen LogP contribution < -0.4 is 9.62 Å². The lowest BCUT2D eigenvalue weighted by atomic mass is 9.94. The predicted octanol–water partition coefficient (Wildman–Crippen LogP) is 7.07. The lowest BCUT2D eigenvalue weighted by Gasteiger charge is -2.35. The number of halogens is 2. The number of carbonyl (C=O) groups is 2. The third kappa shape index (κ3) is 8.58. The van der Waals surface area contributed by atoms with E-state index in [-0.39, 0.29) is 41.1 Å². The van der Waals surface area contributed by atoms with Crippen LogP contribution in [0.2, 0.25) is 5.02 Å². The van der Waals surface area contributed by atoms with Crippen molar-refractivity contribution in [2.45, 2.75) is 69.0 Å². The molecule has 47 heavy (non-hydrogen) atoms. The second-order valence-electron chi connectivity index (χ2n) is 11.9. The lowest BCUT2D eigenvalue weighted by molar-refractivity contribution is -0.140. The van der Waals surface area contributed by atoms with Crippen molar-refractivity contribution >= 4 is 39.1 Å². The van der Waals surface area contributed by atoms with E-state index in [0.717, 1.165) is 47.5 Å². The zero-order chi connectivity index (χ0) is 33.4. The Morgan fingerprint density at radius 2 is 1.53 bits per heavy atom. The maximum absolute atomic E-state index is 15.1. The molecule has 0 aliphatic heterocycles. The molecule has 1 fully saturated rings. The minimum Gasteiger partial charge on any atom is -0.352 e. The van der Waals surface area contributed by atoms with Gasteiger partial charge in [0.25, 0.3) is 10.0 Å². The van der Waals surface area contributed by atoms with Gasteiger partial charge in [0.05, 0.1) is 10.6 Å². The van der Waals surface area contributed by atoms with Gasteiger partial charge >= 0.3 is 0 Å². The van der Waals surface area contributed by atoms with Crippen molar-refractivity contribution < 1.29 is 22.4 Å². The number of benzene rings is 4. The first-order chi connectivity index (χ1) is 22.6. The van der Waals surface area contributed by atoms with Crippen LogP contribution in [0.5, 0.6) is 0 Å². The average molecular weight is 676 g/mol. The molecule has 4 aromatic rings. The summed E-state index contributed by atoms with van der Waals surface area (Å²) in [4.78, 5) is 30.0. The van der Waals surface area contributed by atoms with E-state index >= 15 is 4.39 Å². The van der Waals surface area contributed by atoms with Gasteiger partial charge in [0, 0.05) is 29.6 Å². The smallest absolute Gasteiger partial charge is 0.264 e. The van der Waals surface area contributed by atoms with Gasteiger partial charge in [-0.2, -0.15) is 0 Å². The van der Waals surface area contributed by atoms with E-state index in [2.05, 4.69) is 5.32 Å². The highest BCUT2D eigenvalue weighted by molar-refractivity contribution is 7.92. The number of aryl methyl sites for hydroxylation is 1. The summed E-state index contributed by atoms with van der Waals surface area (Å²) in [5, 5.41) is 3.49. The zero-order valence-electron chi connectivity index (χ0n) is 26.3. The highest BCUT2D eigenvalue weighted by Crippen LogP contribution is 2.29. The Morgan fingerprint density at radius 1 is 0.894 bits per heavy atom. The van der Waals surface area contributed by atoms with Crippen molar-refractivity contribution in [1.82, 2.24) is 10.2 Å². The van der Waals surface area contributed by atoms with Crippen molar-refractivity contribution in [1.29, 1.82) is 0 Å². The quantitative estimate of drug-likeness (QED) is 0.174. The van der Waals surface area contributed by atoms with Crippen molar-refractivity contribution in [2.75, 3.05) is 10.8 Å². The fourth-order valence-electron chi connectivity index (χ4n) is 5.89. The predicted molar refractivity (Wildman–Crippen MR) is 183 cm³/mol. The minimum atomic E-state index is -4.27. The summed E-state index contributed by atoms with van der Waals surface area (Å²) in [5.74, 6) is -1.55. The molecule has 2 amide bonds. The SMILES string of the molecule is Cc1ccc(N(CC(=O)N(Cc2ccccc2F)[C@@H](Cc2ccccc2)C(=O)NC2CCCCC2)S(=O)(=O)c2ccccc2)cc1Cl. The fourth-order valence-corrected chi connectivity index (χ4v) is 7.50. The molecule has 7 nitrogen and oxygen atoms in total. The molecular weight excluding hydrogens is 637 g/mol. The van der Waals surface area contributed by atoms with E-state index in [1.165, 1.54) is 29.2 Å². The summed E-state index contributed by atoms with van der Waals surface area (Å²) < 4.78 is 44.4. The summed E-state index contributed by atoms with van der Waals surface area (Å²) in [7, 11) is -4.27. The second kappa shape index (κ2) is 15.6. The molecule has 1 aliphatic carbocycles. The molecule has 0 radical (unpaired) electrons. The van der Waals surface area contributed by atoms with Gasteiger partial charge in [-0.25, -0.2) is 12.8 Å². The van der Waals surface area contributed by atoms with Gasteiger partial charge in [0.1, 0.15) is 18.4 Å². The van der Waals surface area contributed by atoms with E-state index in [1.807, 2.05) is 30.3 Å². The summed E-state index contributed by atoms with van der Waals surface area (Å²) in [5.41, 5.74) is 1.94. The third-order valence-electron chi connectivity index (χ3n) is 8.57. The van der Waals surface area contributed by atoms with E-state index in [0.29, 0.717) is 5.02 Å². The van der Waals surface area contributed by atoms with Gasteiger partial charge in [0.2, 0.25) is 11.8 Å².